The van der Waals surface area contributed by atoms with Gasteiger partial charge in [-0.1, -0.05) is 17.7 Å². The predicted molar refractivity (Wildman–Crippen MR) is 84.1 cm³/mol. The molecule has 0 N–H and O–H groups in total. The summed E-state index contributed by atoms with van der Waals surface area (Å²) in [6.45, 7) is 0.00665. The number of halogens is 2. The number of amides is 1. The molecular weight excluding hydrogens is 349 g/mol. The molecule has 22 heavy (non-hydrogen) atoms. The van der Waals surface area contributed by atoms with Gasteiger partial charge in [0, 0.05) is 36.0 Å². The summed E-state index contributed by atoms with van der Waals surface area (Å²) >= 11 is 6.24. The van der Waals surface area contributed by atoms with E-state index in [9.17, 15) is 13.2 Å². The van der Waals surface area contributed by atoms with Gasteiger partial charge in [0.05, 0.1) is 22.7 Å². The van der Waals surface area contributed by atoms with Crippen molar-refractivity contribution in [2.75, 3.05) is 11.4 Å². The van der Waals surface area contributed by atoms with Gasteiger partial charge in [0.2, 0.25) is 15.0 Å². The van der Waals surface area contributed by atoms with Crippen LogP contribution in [0.25, 0.3) is 5.69 Å². The van der Waals surface area contributed by atoms with Gasteiger partial charge in [0.15, 0.2) is 0 Å². The number of nitrogens with zero attached hydrogens (tertiary/aromatic N) is 3. The second kappa shape index (κ2) is 5.57. The van der Waals surface area contributed by atoms with E-state index in [0.29, 0.717) is 16.4 Å². The molecule has 1 saturated heterocycles. The van der Waals surface area contributed by atoms with Crippen molar-refractivity contribution in [2.24, 2.45) is 0 Å². The molecule has 0 spiro atoms. The number of para-hydroxylation sites is 1. The van der Waals surface area contributed by atoms with Crippen LogP contribution in [-0.2, 0) is 13.8 Å². The maximum atomic E-state index is 12.2. The number of carbonyl (C=O) groups is 1. The number of benzene rings is 1. The molecule has 1 fully saturated rings. The topological polar surface area (TPSA) is 72.3 Å². The molecule has 0 radical (unpaired) electrons. The largest absolute Gasteiger partial charge is 0.309 e. The summed E-state index contributed by atoms with van der Waals surface area (Å²) in [4.78, 5) is 17.6. The Balaban J connectivity index is 2.07. The van der Waals surface area contributed by atoms with E-state index in [0.717, 1.165) is 0 Å². The van der Waals surface area contributed by atoms with E-state index >= 15 is 0 Å². The molecule has 1 aliphatic heterocycles. The van der Waals surface area contributed by atoms with Gasteiger partial charge in [0.1, 0.15) is 5.25 Å². The number of hydrogen-bond acceptors (Lipinski definition) is 4. The van der Waals surface area contributed by atoms with E-state index in [4.69, 9.17) is 22.3 Å². The molecule has 0 bridgehead atoms. The number of rotatable bonds is 3. The van der Waals surface area contributed by atoms with Crippen molar-refractivity contribution in [3.8, 4) is 5.69 Å². The Kier molecular flexibility index (Phi) is 3.88. The molecule has 1 aromatic carbocycles. The molecule has 2 heterocycles. The summed E-state index contributed by atoms with van der Waals surface area (Å²) in [5.41, 5.74) is 1.10. The lowest BCUT2D eigenvalue weighted by Gasteiger charge is -2.21. The van der Waals surface area contributed by atoms with Crippen molar-refractivity contribution in [1.82, 2.24) is 9.55 Å². The molecular formula is C13H11Cl2N3O3S. The van der Waals surface area contributed by atoms with E-state index in [-0.39, 0.29) is 18.9 Å². The second-order valence-corrected chi connectivity index (χ2v) is 8.20. The van der Waals surface area contributed by atoms with E-state index < -0.39 is 14.3 Å². The summed E-state index contributed by atoms with van der Waals surface area (Å²) < 4.78 is 24.6. The Labute approximate surface area is 136 Å². The fraction of sp³-hybridized carbons (Fsp3) is 0.231. The Hall–Kier alpha value is -1.57. The third-order valence-corrected chi connectivity index (χ3v) is 5.68. The predicted octanol–water partition coefficient (Wildman–Crippen LogP) is 2.20. The monoisotopic (exact) mass is 359 g/mol. The minimum absolute atomic E-state index is 0.00665. The van der Waals surface area contributed by atoms with Crippen molar-refractivity contribution >= 4 is 42.9 Å². The zero-order valence-electron chi connectivity index (χ0n) is 11.2. The SMILES string of the molecule is O=C1CC(S(=O)(=O)Cl)CN1c1cccc(Cl)c1-n1ccnc1. The molecule has 116 valence electrons. The van der Waals surface area contributed by atoms with Crippen LogP contribution in [0.3, 0.4) is 0 Å². The van der Waals surface area contributed by atoms with Crippen LogP contribution in [-0.4, -0.2) is 35.7 Å². The average Bonchev–Trinajstić information content (AvgIpc) is 3.06. The van der Waals surface area contributed by atoms with Crippen LogP contribution in [0.15, 0.2) is 36.9 Å². The Bertz CT molecular complexity index is 821. The highest BCUT2D eigenvalue weighted by atomic mass is 35.7. The fourth-order valence-electron chi connectivity index (χ4n) is 2.46. The first-order valence-electron chi connectivity index (χ1n) is 6.38. The summed E-state index contributed by atoms with van der Waals surface area (Å²) in [6, 6.07) is 5.10. The van der Waals surface area contributed by atoms with Gasteiger partial charge >= 0.3 is 0 Å². The Morgan fingerprint density at radius 3 is 2.68 bits per heavy atom. The van der Waals surface area contributed by atoms with Crippen molar-refractivity contribution in [3.63, 3.8) is 0 Å². The van der Waals surface area contributed by atoms with Crippen LogP contribution in [0, 0.1) is 0 Å². The first kappa shape index (κ1) is 15.3. The molecule has 0 aliphatic carbocycles. The number of anilines is 1. The number of carbonyl (C=O) groups excluding carboxylic acids is 1. The molecule has 1 amide bonds. The van der Waals surface area contributed by atoms with Crippen LogP contribution in [0.5, 0.6) is 0 Å². The van der Waals surface area contributed by atoms with Crippen LogP contribution < -0.4 is 4.90 Å². The average molecular weight is 360 g/mol. The first-order valence-corrected chi connectivity index (χ1v) is 9.13. The zero-order chi connectivity index (χ0) is 15.9. The van der Waals surface area contributed by atoms with Crippen LogP contribution >= 0.6 is 22.3 Å². The van der Waals surface area contributed by atoms with Crippen molar-refractivity contribution in [3.05, 3.63) is 41.9 Å². The number of imidazole rings is 1. The molecule has 0 saturated carbocycles. The molecule has 1 aliphatic rings. The zero-order valence-corrected chi connectivity index (χ0v) is 13.5. The van der Waals surface area contributed by atoms with E-state index in [1.165, 1.54) is 4.90 Å². The van der Waals surface area contributed by atoms with Gasteiger partial charge in [-0.05, 0) is 12.1 Å². The molecule has 1 atom stereocenters. The van der Waals surface area contributed by atoms with Crippen molar-refractivity contribution < 1.29 is 13.2 Å². The highest BCUT2D eigenvalue weighted by Crippen LogP contribution is 2.35. The summed E-state index contributed by atoms with van der Waals surface area (Å²) in [7, 11) is 1.58. The normalized spacial score (nSPS) is 18.9. The van der Waals surface area contributed by atoms with Gasteiger partial charge in [-0.2, -0.15) is 0 Å². The van der Waals surface area contributed by atoms with Crippen LogP contribution in [0.4, 0.5) is 5.69 Å². The van der Waals surface area contributed by atoms with E-state index in [2.05, 4.69) is 4.98 Å². The lowest BCUT2D eigenvalue weighted by atomic mass is 10.2. The summed E-state index contributed by atoms with van der Waals surface area (Å²) in [5.74, 6) is -0.308. The highest BCUT2D eigenvalue weighted by molar-refractivity contribution is 8.14. The van der Waals surface area contributed by atoms with Crippen LogP contribution in [0.2, 0.25) is 5.02 Å². The smallest absolute Gasteiger partial charge is 0.237 e. The first-order chi connectivity index (χ1) is 10.4. The maximum Gasteiger partial charge on any atom is 0.237 e. The molecule has 1 unspecified atom stereocenters. The fourth-order valence-corrected chi connectivity index (χ4v) is 3.76. The highest BCUT2D eigenvalue weighted by Gasteiger charge is 2.39. The van der Waals surface area contributed by atoms with Gasteiger partial charge in [-0.15, -0.1) is 0 Å². The second-order valence-electron chi connectivity index (χ2n) is 4.88. The van der Waals surface area contributed by atoms with E-state index in [1.807, 2.05) is 0 Å². The lowest BCUT2D eigenvalue weighted by Crippen LogP contribution is -2.27. The molecule has 1 aromatic heterocycles. The third-order valence-electron chi connectivity index (χ3n) is 3.51. The van der Waals surface area contributed by atoms with E-state index in [1.54, 1.807) is 41.5 Å². The van der Waals surface area contributed by atoms with Gasteiger partial charge in [0.25, 0.3) is 0 Å². The minimum Gasteiger partial charge on any atom is -0.309 e. The standard InChI is InChI=1S/C13H11Cl2N3O3S/c14-10-2-1-3-11(13(10)17-5-4-16-8-17)18-7-9(6-12(18)19)22(15,20)21/h1-5,8-9H,6-7H2. The third kappa shape index (κ3) is 2.71. The maximum absolute atomic E-state index is 12.2. The number of aromatic nitrogens is 2. The van der Waals surface area contributed by atoms with Crippen molar-refractivity contribution in [1.29, 1.82) is 0 Å². The lowest BCUT2D eigenvalue weighted by molar-refractivity contribution is -0.117. The molecule has 6 nitrogen and oxygen atoms in total. The van der Waals surface area contributed by atoms with Gasteiger partial charge in [-0.3, -0.25) is 4.79 Å². The Morgan fingerprint density at radius 1 is 1.32 bits per heavy atom. The number of hydrogen-bond donors (Lipinski definition) is 0. The van der Waals surface area contributed by atoms with Gasteiger partial charge in [-0.25, -0.2) is 13.4 Å². The molecule has 9 heteroatoms. The quantitative estimate of drug-likeness (QED) is 0.787. The Morgan fingerprint density at radius 2 is 2.09 bits per heavy atom. The summed E-state index contributed by atoms with van der Waals surface area (Å²) in [6.07, 6.45) is 4.70. The van der Waals surface area contributed by atoms with Gasteiger partial charge < -0.3 is 9.47 Å². The molecule has 2 aromatic rings. The van der Waals surface area contributed by atoms with Crippen LogP contribution in [0.1, 0.15) is 6.42 Å². The summed E-state index contributed by atoms with van der Waals surface area (Å²) in [5, 5.41) is -0.489. The molecule has 3 rings (SSSR count). The minimum atomic E-state index is -3.80. The van der Waals surface area contributed by atoms with Crippen molar-refractivity contribution in [2.45, 2.75) is 11.7 Å².